The quantitative estimate of drug-likeness (QED) is 0.567. The summed E-state index contributed by atoms with van der Waals surface area (Å²) in [6.07, 6.45) is 1.14. The highest BCUT2D eigenvalue weighted by Gasteiger charge is 2.21. The second-order valence-electron chi connectivity index (χ2n) is 7.08. The van der Waals surface area contributed by atoms with E-state index in [-0.39, 0.29) is 37.2 Å². The molecule has 1 aromatic carbocycles. The number of sulfonamides is 1. The minimum absolute atomic E-state index is 0.0330. The van der Waals surface area contributed by atoms with Gasteiger partial charge < -0.3 is 15.5 Å². The Morgan fingerprint density at radius 1 is 1.17 bits per heavy atom. The molecule has 10 heteroatoms. The number of hydrogen-bond donors (Lipinski definition) is 3. The maximum atomic E-state index is 12.4. The number of carbonyl (C=O) groups is 2. The molecule has 3 N–H and O–H groups in total. The summed E-state index contributed by atoms with van der Waals surface area (Å²) < 4.78 is 25.6. The van der Waals surface area contributed by atoms with Crippen molar-refractivity contribution < 1.29 is 18.0 Å². The molecule has 30 heavy (non-hydrogen) atoms. The second kappa shape index (κ2) is 10.1. The molecule has 0 unspecified atom stereocenters. The van der Waals surface area contributed by atoms with Crippen molar-refractivity contribution in [1.82, 2.24) is 20.3 Å². The van der Waals surface area contributed by atoms with Gasteiger partial charge in [0.1, 0.15) is 0 Å². The minimum atomic E-state index is -3.35. The second-order valence-corrected chi connectivity index (χ2v) is 10.0. The van der Waals surface area contributed by atoms with Gasteiger partial charge in [0.15, 0.2) is 0 Å². The molecule has 0 saturated heterocycles. The molecule has 8 nitrogen and oxygen atoms in total. The number of fused-ring (bicyclic) bond motifs is 1. The summed E-state index contributed by atoms with van der Waals surface area (Å²) in [6, 6.07) is 8.74. The van der Waals surface area contributed by atoms with Gasteiger partial charge in [0.2, 0.25) is 15.9 Å². The van der Waals surface area contributed by atoms with E-state index in [1.807, 2.05) is 11.0 Å². The third-order valence-corrected chi connectivity index (χ3v) is 7.26. The first kappa shape index (κ1) is 22.3. The van der Waals surface area contributed by atoms with Crippen LogP contribution in [0.25, 0.3) is 0 Å². The van der Waals surface area contributed by atoms with Crippen LogP contribution in [-0.4, -0.2) is 45.4 Å². The van der Waals surface area contributed by atoms with Crippen molar-refractivity contribution in [3.8, 4) is 0 Å². The molecule has 0 bridgehead atoms. The fraction of sp³-hybridized carbons (Fsp3) is 0.400. The highest BCUT2D eigenvalue weighted by molar-refractivity contribution is 7.88. The van der Waals surface area contributed by atoms with E-state index >= 15 is 0 Å². The fourth-order valence-electron chi connectivity index (χ4n) is 3.27. The van der Waals surface area contributed by atoms with Crippen molar-refractivity contribution >= 4 is 33.3 Å². The number of benzene rings is 1. The van der Waals surface area contributed by atoms with E-state index in [1.54, 1.807) is 29.5 Å². The number of thiophene rings is 1. The molecule has 2 heterocycles. The van der Waals surface area contributed by atoms with Gasteiger partial charge in [0.05, 0.1) is 5.75 Å². The number of amides is 3. The zero-order valence-electron chi connectivity index (χ0n) is 16.8. The first-order chi connectivity index (χ1) is 14.4. The smallest absolute Gasteiger partial charge is 0.315 e. The van der Waals surface area contributed by atoms with Crippen molar-refractivity contribution in [2.75, 3.05) is 20.1 Å². The average Bonchev–Trinajstić information content (AvgIpc) is 3.20. The van der Waals surface area contributed by atoms with E-state index in [0.29, 0.717) is 12.1 Å². The summed E-state index contributed by atoms with van der Waals surface area (Å²) in [5, 5.41) is 7.48. The van der Waals surface area contributed by atoms with Gasteiger partial charge in [-0.05, 0) is 41.6 Å². The Kier molecular flexibility index (Phi) is 7.46. The molecule has 1 aromatic heterocycles. The highest BCUT2D eigenvalue weighted by Crippen LogP contribution is 2.24. The van der Waals surface area contributed by atoms with Crippen LogP contribution >= 0.6 is 11.3 Å². The van der Waals surface area contributed by atoms with Crippen molar-refractivity contribution in [3.63, 3.8) is 0 Å². The number of hydrogen-bond acceptors (Lipinski definition) is 5. The van der Waals surface area contributed by atoms with E-state index in [1.165, 1.54) is 17.5 Å². The van der Waals surface area contributed by atoms with E-state index < -0.39 is 10.0 Å². The molecule has 0 aliphatic carbocycles. The Morgan fingerprint density at radius 3 is 2.77 bits per heavy atom. The normalized spacial score (nSPS) is 13.6. The lowest BCUT2D eigenvalue weighted by Crippen LogP contribution is -2.40. The standard InChI is InChI=1S/C20H26N4O4S2/c1-21-30(27,28)14-16-4-2-3-15(11-16)12-23-20(26)22-8-5-19(25)24-9-6-18-17(13-24)7-10-29-18/h2-4,7,10-11,21H,5-6,8-9,12-14H2,1H3,(H2,22,23,26). The van der Waals surface area contributed by atoms with Crippen molar-refractivity contribution in [1.29, 1.82) is 0 Å². The SMILES string of the molecule is CNS(=O)(=O)Cc1cccc(CNC(=O)NCCC(=O)N2CCc3sccc3C2)c1. The molecule has 1 aliphatic heterocycles. The third-order valence-electron chi connectivity index (χ3n) is 4.90. The van der Waals surface area contributed by atoms with Crippen molar-refractivity contribution in [2.45, 2.75) is 31.7 Å². The van der Waals surface area contributed by atoms with Crippen LogP contribution in [0, 0.1) is 0 Å². The summed E-state index contributed by atoms with van der Waals surface area (Å²) in [4.78, 5) is 27.6. The maximum absolute atomic E-state index is 12.4. The molecule has 2 aromatic rings. The van der Waals surface area contributed by atoms with Crippen molar-refractivity contribution in [3.05, 3.63) is 57.3 Å². The molecule has 0 spiro atoms. The van der Waals surface area contributed by atoms with Gasteiger partial charge in [-0.3, -0.25) is 4.79 Å². The molecule has 3 amide bonds. The van der Waals surface area contributed by atoms with Crippen LogP contribution in [0.2, 0.25) is 0 Å². The van der Waals surface area contributed by atoms with E-state index in [0.717, 1.165) is 18.5 Å². The van der Waals surface area contributed by atoms with Crippen LogP contribution in [0.5, 0.6) is 0 Å². The van der Waals surface area contributed by atoms with Gasteiger partial charge in [0.25, 0.3) is 0 Å². The van der Waals surface area contributed by atoms with E-state index in [2.05, 4.69) is 26.8 Å². The monoisotopic (exact) mass is 450 g/mol. The number of nitrogens with zero attached hydrogens (tertiary/aromatic N) is 1. The summed E-state index contributed by atoms with van der Waals surface area (Å²) in [5.74, 6) is -0.0831. The summed E-state index contributed by atoms with van der Waals surface area (Å²) in [5.41, 5.74) is 2.66. The molecular weight excluding hydrogens is 424 g/mol. The molecule has 0 saturated carbocycles. The average molecular weight is 451 g/mol. The van der Waals surface area contributed by atoms with Gasteiger partial charge in [-0.25, -0.2) is 17.9 Å². The van der Waals surface area contributed by atoms with Crippen LogP contribution in [0.1, 0.15) is 28.0 Å². The minimum Gasteiger partial charge on any atom is -0.338 e. The Morgan fingerprint density at radius 2 is 1.97 bits per heavy atom. The Hall–Kier alpha value is -2.43. The molecule has 1 aliphatic rings. The largest absolute Gasteiger partial charge is 0.338 e. The lowest BCUT2D eigenvalue weighted by atomic mass is 10.1. The zero-order chi connectivity index (χ0) is 21.6. The topological polar surface area (TPSA) is 108 Å². The van der Waals surface area contributed by atoms with Crippen LogP contribution in [0.4, 0.5) is 4.79 Å². The van der Waals surface area contributed by atoms with Crippen LogP contribution in [0.15, 0.2) is 35.7 Å². The number of carbonyl (C=O) groups excluding carboxylic acids is 2. The zero-order valence-corrected chi connectivity index (χ0v) is 18.4. The summed E-state index contributed by atoms with van der Waals surface area (Å²) >= 11 is 1.73. The lowest BCUT2D eigenvalue weighted by Gasteiger charge is -2.27. The highest BCUT2D eigenvalue weighted by atomic mass is 32.2. The number of nitrogens with one attached hydrogen (secondary N) is 3. The number of urea groups is 1. The predicted octanol–water partition coefficient (Wildman–Crippen LogP) is 1.57. The summed E-state index contributed by atoms with van der Waals surface area (Å²) in [7, 11) is -1.97. The predicted molar refractivity (Wildman–Crippen MR) is 116 cm³/mol. The first-order valence-electron chi connectivity index (χ1n) is 9.70. The lowest BCUT2D eigenvalue weighted by molar-refractivity contribution is -0.131. The third kappa shape index (κ3) is 6.28. The van der Waals surface area contributed by atoms with Gasteiger partial charge in [0, 0.05) is 37.5 Å². The Labute approximate surface area is 180 Å². The van der Waals surface area contributed by atoms with Crippen molar-refractivity contribution in [2.24, 2.45) is 0 Å². The fourth-order valence-corrected chi connectivity index (χ4v) is 4.92. The summed E-state index contributed by atoms with van der Waals surface area (Å²) in [6.45, 7) is 1.89. The van der Waals surface area contributed by atoms with Gasteiger partial charge in [-0.15, -0.1) is 11.3 Å². The Bertz CT molecular complexity index is 1000. The van der Waals surface area contributed by atoms with Crippen LogP contribution in [0.3, 0.4) is 0 Å². The molecule has 0 atom stereocenters. The van der Waals surface area contributed by atoms with E-state index in [9.17, 15) is 18.0 Å². The van der Waals surface area contributed by atoms with Gasteiger partial charge >= 0.3 is 6.03 Å². The van der Waals surface area contributed by atoms with Crippen LogP contribution in [-0.2, 0) is 40.1 Å². The first-order valence-corrected chi connectivity index (χ1v) is 12.2. The van der Waals surface area contributed by atoms with Crippen LogP contribution < -0.4 is 15.4 Å². The van der Waals surface area contributed by atoms with Gasteiger partial charge in [-0.1, -0.05) is 24.3 Å². The maximum Gasteiger partial charge on any atom is 0.315 e. The molecule has 162 valence electrons. The van der Waals surface area contributed by atoms with E-state index in [4.69, 9.17) is 0 Å². The molecule has 0 fully saturated rings. The number of rotatable bonds is 8. The Balaban J connectivity index is 1.39. The molecule has 0 radical (unpaired) electrons. The molecule has 3 rings (SSSR count). The molecular formula is C20H26N4O4S2. The van der Waals surface area contributed by atoms with Gasteiger partial charge in [-0.2, -0.15) is 0 Å².